The van der Waals surface area contributed by atoms with Crippen LogP contribution in [0.2, 0.25) is 0 Å². The first-order valence-electron chi connectivity index (χ1n) is 9.64. The maximum atomic E-state index is 12.4. The Morgan fingerprint density at radius 2 is 2.12 bits per heavy atom. The van der Waals surface area contributed by atoms with E-state index >= 15 is 0 Å². The van der Waals surface area contributed by atoms with Crippen LogP contribution in [-0.2, 0) is 16.2 Å². The summed E-state index contributed by atoms with van der Waals surface area (Å²) in [5.74, 6) is 0.598. The lowest BCUT2D eigenvalue weighted by atomic mass is 9.83. The third-order valence-electron chi connectivity index (χ3n) is 5.68. The Kier molecular flexibility index (Phi) is 4.96. The summed E-state index contributed by atoms with van der Waals surface area (Å²) >= 11 is 0. The number of amides is 1. The number of piperidine rings is 1. The molecule has 2 aliphatic heterocycles. The second-order valence-corrected chi connectivity index (χ2v) is 7.97. The zero-order valence-corrected chi connectivity index (χ0v) is 15.4. The summed E-state index contributed by atoms with van der Waals surface area (Å²) in [6, 6.07) is 10.6. The van der Waals surface area contributed by atoms with Crippen molar-refractivity contribution in [1.82, 2.24) is 15.5 Å². The number of rotatable bonds is 6. The van der Waals surface area contributed by atoms with Gasteiger partial charge in [0.2, 0.25) is 0 Å². The maximum absolute atomic E-state index is 12.4. The fourth-order valence-corrected chi connectivity index (χ4v) is 3.93. The molecule has 4 rings (SSSR count). The Balaban J connectivity index is 1.39. The van der Waals surface area contributed by atoms with Gasteiger partial charge in [-0.2, -0.15) is 0 Å². The number of likely N-dealkylation sites (N-methyl/N-ethyl adjacent to an activating group) is 1. The van der Waals surface area contributed by atoms with Gasteiger partial charge in [0.05, 0.1) is 6.04 Å². The third kappa shape index (κ3) is 3.91. The van der Waals surface area contributed by atoms with Crippen molar-refractivity contribution in [2.24, 2.45) is 11.1 Å². The molecule has 1 aromatic rings. The molecule has 1 aliphatic carbocycles. The average molecular weight is 356 g/mol. The highest BCUT2D eigenvalue weighted by Crippen LogP contribution is 2.34. The number of nitrogens with one attached hydrogen (secondary N) is 2. The first kappa shape index (κ1) is 17.5. The Bertz CT molecular complexity index is 674. The highest BCUT2D eigenvalue weighted by Gasteiger charge is 2.50. The number of oxime groups is 1. The normalized spacial score (nSPS) is 28.7. The Hall–Kier alpha value is -1.92. The van der Waals surface area contributed by atoms with Crippen LogP contribution in [0.15, 0.2) is 35.5 Å². The van der Waals surface area contributed by atoms with Crippen LogP contribution in [0.3, 0.4) is 0 Å². The molecule has 1 amide bonds. The molecule has 1 spiro atoms. The molecule has 0 radical (unpaired) electrons. The van der Waals surface area contributed by atoms with Crippen molar-refractivity contribution in [1.29, 1.82) is 0 Å². The SMILES string of the molecule is CN1CC[C@H](NCc2ccccc2)[C@]2(CC(C(=O)NCC3CC3)=NO2)C1. The van der Waals surface area contributed by atoms with Gasteiger partial charge in [-0.1, -0.05) is 35.5 Å². The maximum Gasteiger partial charge on any atom is 0.269 e. The van der Waals surface area contributed by atoms with E-state index in [0.717, 1.165) is 32.6 Å². The lowest BCUT2D eigenvalue weighted by Crippen LogP contribution is -2.61. The van der Waals surface area contributed by atoms with E-state index in [0.29, 0.717) is 18.1 Å². The Morgan fingerprint density at radius 1 is 1.31 bits per heavy atom. The van der Waals surface area contributed by atoms with Gasteiger partial charge >= 0.3 is 0 Å². The van der Waals surface area contributed by atoms with Gasteiger partial charge in [0, 0.05) is 26.1 Å². The van der Waals surface area contributed by atoms with Crippen LogP contribution in [0.1, 0.15) is 31.2 Å². The number of hydrogen-bond donors (Lipinski definition) is 2. The Morgan fingerprint density at radius 3 is 2.88 bits per heavy atom. The van der Waals surface area contributed by atoms with Crippen molar-refractivity contribution in [3.05, 3.63) is 35.9 Å². The largest absolute Gasteiger partial charge is 0.385 e. The van der Waals surface area contributed by atoms with E-state index in [9.17, 15) is 4.79 Å². The van der Waals surface area contributed by atoms with Crippen molar-refractivity contribution in [3.63, 3.8) is 0 Å². The van der Waals surface area contributed by atoms with Crippen LogP contribution < -0.4 is 10.6 Å². The number of nitrogens with zero attached hydrogens (tertiary/aromatic N) is 2. The third-order valence-corrected chi connectivity index (χ3v) is 5.68. The van der Waals surface area contributed by atoms with Crippen molar-refractivity contribution in [3.8, 4) is 0 Å². The molecule has 6 heteroatoms. The minimum absolute atomic E-state index is 0.0659. The van der Waals surface area contributed by atoms with E-state index in [2.05, 4.69) is 52.0 Å². The summed E-state index contributed by atoms with van der Waals surface area (Å²) < 4.78 is 0. The molecule has 0 aromatic heterocycles. The molecule has 3 aliphatic rings. The van der Waals surface area contributed by atoms with Gasteiger partial charge < -0.3 is 20.4 Å². The van der Waals surface area contributed by atoms with Crippen LogP contribution >= 0.6 is 0 Å². The average Bonchev–Trinajstić information content (AvgIpc) is 3.40. The molecule has 26 heavy (non-hydrogen) atoms. The second kappa shape index (κ2) is 7.37. The molecule has 6 nitrogen and oxygen atoms in total. The van der Waals surface area contributed by atoms with Crippen molar-refractivity contribution >= 4 is 11.6 Å². The lowest BCUT2D eigenvalue weighted by Gasteiger charge is -2.43. The van der Waals surface area contributed by atoms with Gasteiger partial charge in [0.15, 0.2) is 5.60 Å². The van der Waals surface area contributed by atoms with Gasteiger partial charge in [-0.3, -0.25) is 4.79 Å². The highest BCUT2D eigenvalue weighted by molar-refractivity contribution is 6.39. The molecule has 1 aromatic carbocycles. The second-order valence-electron chi connectivity index (χ2n) is 7.97. The van der Waals surface area contributed by atoms with Gasteiger partial charge in [0.25, 0.3) is 5.91 Å². The summed E-state index contributed by atoms with van der Waals surface area (Å²) in [5, 5.41) is 10.9. The van der Waals surface area contributed by atoms with E-state index in [4.69, 9.17) is 4.84 Å². The molecule has 2 fully saturated rings. The number of carbonyl (C=O) groups is 1. The van der Waals surface area contributed by atoms with E-state index < -0.39 is 5.60 Å². The van der Waals surface area contributed by atoms with Gasteiger partial charge in [-0.25, -0.2) is 0 Å². The first-order chi connectivity index (χ1) is 12.6. The topological polar surface area (TPSA) is 66.0 Å². The lowest BCUT2D eigenvalue weighted by molar-refractivity contribution is -0.115. The number of likely N-dealkylation sites (tertiary alicyclic amines) is 1. The molecule has 2 N–H and O–H groups in total. The van der Waals surface area contributed by atoms with Crippen LogP contribution in [-0.4, -0.2) is 54.8 Å². The summed E-state index contributed by atoms with van der Waals surface area (Å²) in [5.41, 5.74) is 1.34. The summed E-state index contributed by atoms with van der Waals surface area (Å²) in [7, 11) is 2.10. The summed E-state index contributed by atoms with van der Waals surface area (Å²) in [6.45, 7) is 3.35. The molecule has 1 saturated carbocycles. The molecule has 2 atom stereocenters. The van der Waals surface area contributed by atoms with Crippen molar-refractivity contribution in [2.45, 2.75) is 43.9 Å². The molecule has 140 valence electrons. The predicted octanol–water partition coefficient (Wildman–Crippen LogP) is 1.52. The molecule has 0 unspecified atom stereocenters. The number of carbonyl (C=O) groups excluding carboxylic acids is 1. The van der Waals surface area contributed by atoms with Gasteiger partial charge in [-0.15, -0.1) is 0 Å². The zero-order valence-electron chi connectivity index (χ0n) is 15.4. The number of hydrogen-bond acceptors (Lipinski definition) is 5. The molecule has 2 heterocycles. The predicted molar refractivity (Wildman–Crippen MR) is 101 cm³/mol. The van der Waals surface area contributed by atoms with Crippen LogP contribution in [0, 0.1) is 5.92 Å². The fourth-order valence-electron chi connectivity index (χ4n) is 3.93. The Labute approximate surface area is 155 Å². The standard InChI is InChI=1S/C20H28N4O2/c1-24-10-9-18(21-12-15-5-3-2-4-6-15)20(14-24)11-17(23-26-20)19(25)22-13-16-7-8-16/h2-6,16,18,21H,7-14H2,1H3,(H,22,25)/t18-,20-/m0/s1. The van der Waals surface area contributed by atoms with Crippen LogP contribution in [0.25, 0.3) is 0 Å². The quantitative estimate of drug-likeness (QED) is 0.811. The van der Waals surface area contributed by atoms with E-state index in [1.165, 1.54) is 18.4 Å². The summed E-state index contributed by atoms with van der Waals surface area (Å²) in [6.07, 6.45) is 4.00. The van der Waals surface area contributed by atoms with Crippen LogP contribution in [0.5, 0.6) is 0 Å². The smallest absolute Gasteiger partial charge is 0.269 e. The van der Waals surface area contributed by atoms with Crippen molar-refractivity contribution < 1.29 is 9.63 Å². The van der Waals surface area contributed by atoms with Gasteiger partial charge in [-0.05, 0) is 44.3 Å². The minimum atomic E-state index is -0.450. The van der Waals surface area contributed by atoms with Gasteiger partial charge in [0.1, 0.15) is 5.71 Å². The molecule has 1 saturated heterocycles. The molecule has 0 bridgehead atoms. The first-order valence-corrected chi connectivity index (χ1v) is 9.64. The fraction of sp³-hybridized carbons (Fsp3) is 0.600. The highest BCUT2D eigenvalue weighted by atomic mass is 16.7. The monoisotopic (exact) mass is 356 g/mol. The van der Waals surface area contributed by atoms with E-state index in [1.807, 2.05) is 6.07 Å². The zero-order chi connectivity index (χ0) is 18.0. The van der Waals surface area contributed by atoms with Crippen LogP contribution in [0.4, 0.5) is 0 Å². The van der Waals surface area contributed by atoms with Crippen molar-refractivity contribution in [2.75, 3.05) is 26.7 Å². The van der Waals surface area contributed by atoms with E-state index in [1.54, 1.807) is 0 Å². The van der Waals surface area contributed by atoms with E-state index in [-0.39, 0.29) is 11.9 Å². The minimum Gasteiger partial charge on any atom is -0.385 e. The summed E-state index contributed by atoms with van der Waals surface area (Å²) in [4.78, 5) is 20.6. The molecular formula is C20H28N4O2. The molecular weight excluding hydrogens is 328 g/mol. The number of benzene rings is 1.